The topological polar surface area (TPSA) is 4.93 Å². The van der Waals surface area contributed by atoms with Gasteiger partial charge < -0.3 is 4.57 Å². The molecular weight excluding hydrogens is 482 g/mol. The van der Waals surface area contributed by atoms with E-state index in [0.717, 1.165) is 11.3 Å². The van der Waals surface area contributed by atoms with Gasteiger partial charge in [-0.1, -0.05) is 122 Å². The van der Waals surface area contributed by atoms with Crippen molar-refractivity contribution < 1.29 is 0 Å². The van der Waals surface area contributed by atoms with Gasteiger partial charge in [-0.15, -0.1) is 0 Å². The summed E-state index contributed by atoms with van der Waals surface area (Å²) in [6, 6.07) is 48.3. The Hall–Kier alpha value is -5.14. The van der Waals surface area contributed by atoms with Crippen molar-refractivity contribution in [3.05, 3.63) is 158 Å². The Balaban J connectivity index is 1.50. The minimum atomic E-state index is 1.15. The predicted molar refractivity (Wildman–Crippen MR) is 173 cm³/mol. The first-order valence-electron chi connectivity index (χ1n) is 13.8. The molecule has 7 aromatic rings. The largest absolute Gasteiger partial charge is 0.309 e. The summed E-state index contributed by atoms with van der Waals surface area (Å²) < 4.78 is 2.43. The zero-order valence-corrected chi connectivity index (χ0v) is 22.5. The molecule has 40 heavy (non-hydrogen) atoms. The minimum absolute atomic E-state index is 1.15. The molecule has 6 aromatic carbocycles. The maximum Gasteiger partial charge on any atom is 0.0619 e. The summed E-state index contributed by atoms with van der Waals surface area (Å²) in [7, 11) is 0. The van der Waals surface area contributed by atoms with Crippen LogP contribution in [-0.4, -0.2) is 4.57 Å². The lowest BCUT2D eigenvalue weighted by Crippen LogP contribution is -1.94. The van der Waals surface area contributed by atoms with Crippen LogP contribution in [0.2, 0.25) is 0 Å². The van der Waals surface area contributed by atoms with Gasteiger partial charge in [0.25, 0.3) is 0 Å². The summed E-state index contributed by atoms with van der Waals surface area (Å²) in [4.78, 5) is 0. The summed E-state index contributed by atoms with van der Waals surface area (Å²) in [6.07, 6.45) is 4.04. The van der Waals surface area contributed by atoms with Gasteiger partial charge in [-0.05, 0) is 76.0 Å². The van der Waals surface area contributed by atoms with Gasteiger partial charge in [0.2, 0.25) is 0 Å². The van der Waals surface area contributed by atoms with E-state index in [2.05, 4.69) is 158 Å². The highest BCUT2D eigenvalue weighted by Crippen LogP contribution is 2.39. The van der Waals surface area contributed by atoms with Crippen molar-refractivity contribution in [2.45, 2.75) is 6.92 Å². The van der Waals surface area contributed by atoms with E-state index in [1.54, 1.807) is 0 Å². The summed E-state index contributed by atoms with van der Waals surface area (Å²) >= 11 is 0. The van der Waals surface area contributed by atoms with E-state index < -0.39 is 0 Å². The second-order valence-electron chi connectivity index (χ2n) is 10.2. The molecule has 1 heteroatoms. The van der Waals surface area contributed by atoms with E-state index in [9.17, 15) is 0 Å². The maximum atomic E-state index is 4.00. The molecule has 0 bridgehead atoms. The molecule has 0 aliphatic rings. The third-order valence-electron chi connectivity index (χ3n) is 7.93. The molecule has 1 heterocycles. The molecule has 0 N–H and O–H groups in total. The minimum Gasteiger partial charge on any atom is -0.309 e. The van der Waals surface area contributed by atoms with Gasteiger partial charge >= 0.3 is 0 Å². The molecule has 0 saturated carbocycles. The van der Waals surface area contributed by atoms with Gasteiger partial charge in [-0.3, -0.25) is 0 Å². The number of allylic oxidation sites excluding steroid dienone is 3. The van der Waals surface area contributed by atoms with Gasteiger partial charge in [0.05, 0.1) is 11.0 Å². The Bertz CT molecular complexity index is 2060. The molecule has 0 radical (unpaired) electrons. The zero-order valence-electron chi connectivity index (χ0n) is 22.5. The second-order valence-corrected chi connectivity index (χ2v) is 10.2. The first-order chi connectivity index (χ1) is 19.7. The Morgan fingerprint density at radius 1 is 0.575 bits per heavy atom. The third kappa shape index (κ3) is 3.95. The fourth-order valence-electron chi connectivity index (χ4n) is 5.95. The number of aromatic nitrogens is 1. The Morgan fingerprint density at radius 3 is 1.98 bits per heavy atom. The molecule has 0 unspecified atom stereocenters. The van der Waals surface area contributed by atoms with Gasteiger partial charge in [-0.2, -0.15) is 0 Å². The van der Waals surface area contributed by atoms with Crippen LogP contribution in [0.25, 0.3) is 66.1 Å². The van der Waals surface area contributed by atoms with Crippen LogP contribution in [-0.2, 0) is 0 Å². The highest BCUT2D eigenvalue weighted by Gasteiger charge is 2.16. The molecule has 0 spiro atoms. The number of hydrogen-bond acceptors (Lipinski definition) is 0. The first kappa shape index (κ1) is 23.9. The van der Waals surface area contributed by atoms with Crippen LogP contribution in [0.4, 0.5) is 0 Å². The van der Waals surface area contributed by atoms with Crippen molar-refractivity contribution in [2.75, 3.05) is 0 Å². The summed E-state index contributed by atoms with van der Waals surface area (Å²) in [5, 5.41) is 4.99. The van der Waals surface area contributed by atoms with Crippen molar-refractivity contribution in [2.24, 2.45) is 0 Å². The average molecular weight is 512 g/mol. The summed E-state index contributed by atoms with van der Waals surface area (Å²) in [5.41, 5.74) is 10.8. The molecular formula is C39H29N. The number of fused-ring (bicyclic) bond motifs is 5. The van der Waals surface area contributed by atoms with E-state index >= 15 is 0 Å². The quantitative estimate of drug-likeness (QED) is 0.203. The molecule has 0 fully saturated rings. The van der Waals surface area contributed by atoms with Gasteiger partial charge in [-0.25, -0.2) is 0 Å². The lowest BCUT2D eigenvalue weighted by Gasteiger charge is -2.12. The number of rotatable bonds is 5. The van der Waals surface area contributed by atoms with Gasteiger partial charge in [0, 0.05) is 21.8 Å². The molecule has 0 saturated heterocycles. The lowest BCUT2D eigenvalue weighted by atomic mass is 9.97. The van der Waals surface area contributed by atoms with Crippen molar-refractivity contribution in [3.63, 3.8) is 0 Å². The van der Waals surface area contributed by atoms with Crippen LogP contribution in [0, 0.1) is 0 Å². The van der Waals surface area contributed by atoms with Crippen molar-refractivity contribution >= 4 is 38.2 Å². The van der Waals surface area contributed by atoms with Crippen molar-refractivity contribution in [1.29, 1.82) is 0 Å². The Labute approximate surface area is 235 Å². The average Bonchev–Trinajstić information content (AvgIpc) is 3.36. The van der Waals surface area contributed by atoms with Gasteiger partial charge in [0.1, 0.15) is 0 Å². The van der Waals surface area contributed by atoms with Crippen LogP contribution >= 0.6 is 0 Å². The van der Waals surface area contributed by atoms with Crippen LogP contribution < -0.4 is 0 Å². The molecule has 1 aromatic heterocycles. The van der Waals surface area contributed by atoms with E-state index in [-0.39, 0.29) is 0 Å². The number of hydrogen-bond donors (Lipinski definition) is 0. The first-order valence-corrected chi connectivity index (χ1v) is 13.8. The van der Waals surface area contributed by atoms with Crippen LogP contribution in [0.5, 0.6) is 0 Å². The van der Waals surface area contributed by atoms with E-state index in [1.807, 2.05) is 6.08 Å². The molecule has 1 nitrogen and oxygen atoms in total. The highest BCUT2D eigenvalue weighted by atomic mass is 15.0. The molecule has 190 valence electrons. The predicted octanol–water partition coefficient (Wildman–Crippen LogP) is 10.9. The number of nitrogens with zero attached hydrogens (tertiary/aromatic N) is 1. The number of para-hydroxylation sites is 1. The highest BCUT2D eigenvalue weighted by molar-refractivity contribution is 6.19. The van der Waals surface area contributed by atoms with E-state index in [1.165, 1.54) is 60.4 Å². The molecule has 7 rings (SSSR count). The zero-order chi connectivity index (χ0) is 27.1. The standard InChI is InChI=1S/C39H29N/c1-3-27(4-2)31-18-21-35-33(25-31)20-23-37-36-22-19-32(26-38(36)40(39(35)37)34-16-9-6-10-17-34)30-15-11-14-29(24-30)28-12-7-5-8-13-28/h3-26H,1H2,2H3/b27-4+. The number of benzene rings is 6. The SMILES string of the molecule is C=C/C(=C\C)c1ccc2c(ccc3c4ccc(-c5cccc(-c6ccccc6)c5)cc4n(-c4ccccc4)c23)c1. The smallest absolute Gasteiger partial charge is 0.0619 e. The summed E-state index contributed by atoms with van der Waals surface area (Å²) in [5.74, 6) is 0. The monoisotopic (exact) mass is 511 g/mol. The normalized spacial score (nSPS) is 11.9. The third-order valence-corrected chi connectivity index (χ3v) is 7.93. The van der Waals surface area contributed by atoms with Crippen molar-refractivity contribution in [1.82, 2.24) is 4.57 Å². The molecule has 0 aliphatic heterocycles. The van der Waals surface area contributed by atoms with Crippen LogP contribution in [0.15, 0.2) is 152 Å². The lowest BCUT2D eigenvalue weighted by molar-refractivity contribution is 1.19. The fourth-order valence-corrected chi connectivity index (χ4v) is 5.95. The van der Waals surface area contributed by atoms with E-state index in [0.29, 0.717) is 0 Å². The van der Waals surface area contributed by atoms with Gasteiger partial charge in [0.15, 0.2) is 0 Å². The fraction of sp³-hybridized carbons (Fsp3) is 0.0256. The maximum absolute atomic E-state index is 4.00. The Kier molecular flexibility index (Phi) is 5.91. The van der Waals surface area contributed by atoms with Crippen LogP contribution in [0.1, 0.15) is 12.5 Å². The summed E-state index contributed by atoms with van der Waals surface area (Å²) in [6.45, 7) is 6.06. The molecule has 0 atom stereocenters. The van der Waals surface area contributed by atoms with Crippen molar-refractivity contribution in [3.8, 4) is 27.9 Å². The molecule has 0 amide bonds. The van der Waals surface area contributed by atoms with Crippen LogP contribution in [0.3, 0.4) is 0 Å². The van der Waals surface area contributed by atoms with E-state index in [4.69, 9.17) is 0 Å². The Morgan fingerprint density at radius 2 is 1.23 bits per heavy atom. The molecule has 0 aliphatic carbocycles. The second kappa shape index (κ2) is 9.87.